The van der Waals surface area contributed by atoms with Crippen LogP contribution in [0.15, 0.2) is 24.3 Å². The van der Waals surface area contributed by atoms with Gasteiger partial charge in [0.25, 0.3) is 5.91 Å². The van der Waals surface area contributed by atoms with Crippen LogP contribution in [0.3, 0.4) is 0 Å². The molecule has 0 saturated carbocycles. The van der Waals surface area contributed by atoms with Gasteiger partial charge < -0.3 is 11.1 Å². The number of nitrogen functional groups attached to an aromatic ring is 1. The molecule has 1 heterocycles. The number of benzene rings is 1. The maximum absolute atomic E-state index is 13.0. The third kappa shape index (κ3) is 2.17. The molecule has 0 aliphatic rings. The van der Waals surface area contributed by atoms with Crippen molar-refractivity contribution < 1.29 is 9.18 Å². The molecule has 94 valence electrons. The van der Waals surface area contributed by atoms with Gasteiger partial charge in [0.2, 0.25) is 0 Å². The molecule has 0 aliphatic carbocycles. The topological polar surface area (TPSA) is 72.9 Å². The van der Waals surface area contributed by atoms with E-state index in [1.54, 1.807) is 20.0 Å². The monoisotopic (exact) mass is 248 g/mol. The summed E-state index contributed by atoms with van der Waals surface area (Å²) in [5.41, 5.74) is 7.31. The van der Waals surface area contributed by atoms with Crippen LogP contribution in [0.5, 0.6) is 0 Å². The summed E-state index contributed by atoms with van der Waals surface area (Å²) in [6.07, 6.45) is 0. The molecule has 0 aliphatic heterocycles. The van der Waals surface area contributed by atoms with Crippen LogP contribution in [0, 0.1) is 12.7 Å². The molecule has 1 aromatic carbocycles. The number of aryl methyl sites for hydroxylation is 2. The van der Waals surface area contributed by atoms with Crippen molar-refractivity contribution in [3.8, 4) is 0 Å². The Balaban J connectivity index is 2.27. The van der Waals surface area contributed by atoms with Crippen molar-refractivity contribution in [3.63, 3.8) is 0 Å². The van der Waals surface area contributed by atoms with Gasteiger partial charge in [0.05, 0.1) is 11.4 Å². The van der Waals surface area contributed by atoms with Crippen LogP contribution in [0.4, 0.5) is 15.8 Å². The minimum Gasteiger partial charge on any atom is -0.395 e. The minimum absolute atomic E-state index is 0.261. The van der Waals surface area contributed by atoms with Crippen LogP contribution in [0.25, 0.3) is 0 Å². The summed E-state index contributed by atoms with van der Waals surface area (Å²) < 4.78 is 14.4. The summed E-state index contributed by atoms with van der Waals surface area (Å²) >= 11 is 0. The molecule has 5 nitrogen and oxygen atoms in total. The van der Waals surface area contributed by atoms with Crippen molar-refractivity contribution in [1.82, 2.24) is 9.78 Å². The zero-order valence-electron chi connectivity index (χ0n) is 10.1. The molecule has 0 unspecified atom stereocenters. The SMILES string of the molecule is Cc1nn(C)c(C(=O)Nc2cccc(F)c2)c1N. The molecule has 2 rings (SSSR count). The summed E-state index contributed by atoms with van der Waals surface area (Å²) in [6, 6.07) is 5.65. The Kier molecular flexibility index (Phi) is 3.01. The fourth-order valence-corrected chi connectivity index (χ4v) is 1.70. The van der Waals surface area contributed by atoms with Gasteiger partial charge in [-0.25, -0.2) is 4.39 Å². The lowest BCUT2D eigenvalue weighted by Gasteiger charge is -2.06. The Labute approximate surface area is 103 Å². The Hall–Kier alpha value is -2.37. The molecular formula is C12H13FN4O. The van der Waals surface area contributed by atoms with E-state index in [2.05, 4.69) is 10.4 Å². The van der Waals surface area contributed by atoms with Gasteiger partial charge >= 0.3 is 0 Å². The van der Waals surface area contributed by atoms with Crippen LogP contribution >= 0.6 is 0 Å². The largest absolute Gasteiger partial charge is 0.395 e. The Morgan fingerprint density at radius 2 is 2.22 bits per heavy atom. The van der Waals surface area contributed by atoms with E-state index in [1.807, 2.05) is 0 Å². The standard InChI is InChI=1S/C12H13FN4O/c1-7-10(14)11(17(2)16-7)12(18)15-9-5-3-4-8(13)6-9/h3-6H,14H2,1-2H3,(H,15,18). The number of carbonyl (C=O) groups is 1. The highest BCUT2D eigenvalue weighted by Gasteiger charge is 2.17. The second-order valence-electron chi connectivity index (χ2n) is 3.94. The molecule has 1 aromatic heterocycles. The molecule has 3 N–H and O–H groups in total. The summed E-state index contributed by atoms with van der Waals surface area (Å²) in [5, 5.41) is 6.62. The molecule has 0 fully saturated rings. The molecule has 1 amide bonds. The van der Waals surface area contributed by atoms with Crippen LogP contribution < -0.4 is 11.1 Å². The van der Waals surface area contributed by atoms with Gasteiger partial charge in [-0.05, 0) is 25.1 Å². The molecule has 6 heteroatoms. The van der Waals surface area contributed by atoms with Gasteiger partial charge in [0.1, 0.15) is 11.5 Å². The fourth-order valence-electron chi connectivity index (χ4n) is 1.70. The Bertz CT molecular complexity index is 606. The summed E-state index contributed by atoms with van der Waals surface area (Å²) in [5.74, 6) is -0.830. The fraction of sp³-hybridized carbons (Fsp3) is 0.167. The third-order valence-electron chi connectivity index (χ3n) is 2.57. The lowest BCUT2D eigenvalue weighted by atomic mass is 10.2. The van der Waals surface area contributed by atoms with Gasteiger partial charge in [-0.1, -0.05) is 6.07 Å². The van der Waals surface area contributed by atoms with E-state index in [0.29, 0.717) is 17.1 Å². The van der Waals surface area contributed by atoms with E-state index in [9.17, 15) is 9.18 Å². The number of nitrogens with two attached hydrogens (primary N) is 1. The van der Waals surface area contributed by atoms with Gasteiger partial charge in [0, 0.05) is 12.7 Å². The van der Waals surface area contributed by atoms with Crippen molar-refractivity contribution in [1.29, 1.82) is 0 Å². The predicted molar refractivity (Wildman–Crippen MR) is 66.7 cm³/mol. The van der Waals surface area contributed by atoms with Gasteiger partial charge in [-0.3, -0.25) is 9.48 Å². The molecule has 2 aromatic rings. The van der Waals surface area contributed by atoms with E-state index in [4.69, 9.17) is 5.73 Å². The molecule has 0 spiro atoms. The number of amides is 1. The summed E-state index contributed by atoms with van der Waals surface area (Å²) in [6.45, 7) is 1.72. The molecular weight excluding hydrogens is 235 g/mol. The van der Waals surface area contributed by atoms with Gasteiger partial charge in [-0.15, -0.1) is 0 Å². The van der Waals surface area contributed by atoms with E-state index in [0.717, 1.165) is 0 Å². The van der Waals surface area contributed by atoms with Crippen LogP contribution in [-0.4, -0.2) is 15.7 Å². The van der Waals surface area contributed by atoms with Crippen molar-refractivity contribution in [2.45, 2.75) is 6.92 Å². The highest BCUT2D eigenvalue weighted by atomic mass is 19.1. The number of hydrogen-bond donors (Lipinski definition) is 2. The normalized spacial score (nSPS) is 10.4. The first kappa shape index (κ1) is 12.1. The number of halogens is 1. The number of anilines is 2. The molecule has 0 saturated heterocycles. The van der Waals surface area contributed by atoms with Crippen LogP contribution in [-0.2, 0) is 7.05 Å². The lowest BCUT2D eigenvalue weighted by molar-refractivity contribution is 0.101. The van der Waals surface area contributed by atoms with Crippen LogP contribution in [0.1, 0.15) is 16.2 Å². The van der Waals surface area contributed by atoms with E-state index in [-0.39, 0.29) is 5.69 Å². The van der Waals surface area contributed by atoms with Crippen molar-refractivity contribution in [2.75, 3.05) is 11.1 Å². The third-order valence-corrected chi connectivity index (χ3v) is 2.57. The second-order valence-corrected chi connectivity index (χ2v) is 3.94. The van der Waals surface area contributed by atoms with Crippen LogP contribution in [0.2, 0.25) is 0 Å². The average molecular weight is 248 g/mol. The van der Waals surface area contributed by atoms with Crippen molar-refractivity contribution in [2.24, 2.45) is 7.05 Å². The first-order chi connectivity index (χ1) is 8.49. The first-order valence-electron chi connectivity index (χ1n) is 5.35. The summed E-state index contributed by atoms with van der Waals surface area (Å²) in [7, 11) is 1.63. The molecule has 18 heavy (non-hydrogen) atoms. The Morgan fingerprint density at radius 3 is 2.78 bits per heavy atom. The van der Waals surface area contributed by atoms with E-state index < -0.39 is 11.7 Å². The minimum atomic E-state index is -0.416. The number of carbonyl (C=O) groups excluding carboxylic acids is 1. The van der Waals surface area contributed by atoms with E-state index in [1.165, 1.54) is 22.9 Å². The number of hydrogen-bond acceptors (Lipinski definition) is 3. The highest BCUT2D eigenvalue weighted by Crippen LogP contribution is 2.17. The first-order valence-corrected chi connectivity index (χ1v) is 5.35. The smallest absolute Gasteiger partial charge is 0.276 e. The van der Waals surface area contributed by atoms with Crippen molar-refractivity contribution in [3.05, 3.63) is 41.5 Å². The number of nitrogens with zero attached hydrogens (tertiary/aromatic N) is 2. The zero-order chi connectivity index (χ0) is 13.3. The average Bonchev–Trinajstić information content (AvgIpc) is 2.53. The zero-order valence-corrected chi connectivity index (χ0v) is 10.1. The lowest BCUT2D eigenvalue weighted by Crippen LogP contribution is -2.17. The van der Waals surface area contributed by atoms with Gasteiger partial charge in [0.15, 0.2) is 0 Å². The maximum Gasteiger partial charge on any atom is 0.276 e. The summed E-state index contributed by atoms with van der Waals surface area (Å²) in [4.78, 5) is 12.0. The predicted octanol–water partition coefficient (Wildman–Crippen LogP) is 1.70. The molecule has 0 atom stereocenters. The molecule has 0 bridgehead atoms. The number of aromatic nitrogens is 2. The van der Waals surface area contributed by atoms with Crippen molar-refractivity contribution >= 4 is 17.3 Å². The van der Waals surface area contributed by atoms with E-state index >= 15 is 0 Å². The number of rotatable bonds is 2. The van der Waals surface area contributed by atoms with Gasteiger partial charge in [-0.2, -0.15) is 5.10 Å². The highest BCUT2D eigenvalue weighted by molar-refractivity contribution is 6.06. The molecule has 0 radical (unpaired) electrons. The number of nitrogens with one attached hydrogen (secondary N) is 1. The maximum atomic E-state index is 13.0. The Morgan fingerprint density at radius 1 is 1.50 bits per heavy atom. The quantitative estimate of drug-likeness (QED) is 0.849. The second kappa shape index (κ2) is 4.48.